The van der Waals surface area contributed by atoms with Crippen molar-refractivity contribution in [2.45, 2.75) is 6.43 Å². The largest absolute Gasteiger partial charge is 0.336 e. The predicted molar refractivity (Wildman–Crippen MR) is 66.1 cm³/mol. The summed E-state index contributed by atoms with van der Waals surface area (Å²) in [7, 11) is 1.16. The molecule has 0 heterocycles. The molecule has 0 spiro atoms. The summed E-state index contributed by atoms with van der Waals surface area (Å²) in [5.74, 6) is -0.804. The van der Waals surface area contributed by atoms with Crippen molar-refractivity contribution >= 4 is 34.8 Å². The fraction of sp³-hybridized carbons (Fsp3) is 0.300. The topological polar surface area (TPSA) is 63.5 Å². The van der Waals surface area contributed by atoms with Crippen LogP contribution in [-0.4, -0.2) is 35.7 Å². The summed E-state index contributed by atoms with van der Waals surface area (Å²) in [6.45, 7) is -0.785. The van der Waals surface area contributed by atoms with E-state index in [9.17, 15) is 23.7 Å². The first kappa shape index (κ1) is 15.6. The molecule has 0 aliphatic heterocycles. The number of nitro groups is 1. The second kappa shape index (κ2) is 6.12. The smallest absolute Gasteiger partial charge is 0.290 e. The quantitative estimate of drug-likeness (QED) is 0.633. The number of halogens is 4. The van der Waals surface area contributed by atoms with Gasteiger partial charge in [-0.15, -0.1) is 0 Å². The Bertz CT molecular complexity index is 526. The zero-order chi connectivity index (χ0) is 14.7. The first-order valence-corrected chi connectivity index (χ1v) is 5.66. The van der Waals surface area contributed by atoms with Crippen molar-refractivity contribution in [1.29, 1.82) is 0 Å². The molecule has 0 N–H and O–H groups in total. The van der Waals surface area contributed by atoms with Crippen LogP contribution in [0.1, 0.15) is 10.4 Å². The predicted octanol–water partition coefficient (Wildman–Crippen LogP) is 3.24. The lowest BCUT2D eigenvalue weighted by Crippen LogP contribution is -2.31. The Labute approximate surface area is 116 Å². The van der Waals surface area contributed by atoms with Gasteiger partial charge in [0.2, 0.25) is 0 Å². The lowest BCUT2D eigenvalue weighted by Gasteiger charge is -2.16. The highest BCUT2D eigenvalue weighted by molar-refractivity contribution is 6.43. The standard InChI is InChI=1S/C10H8Cl2F2N2O3/c1-15(4-8(13)14)10(17)5-2-6(11)9(12)7(3-5)16(18)19/h2-3,8H,4H2,1H3. The minimum atomic E-state index is -2.70. The number of benzene rings is 1. The average Bonchev–Trinajstić information content (AvgIpc) is 2.30. The maximum atomic E-state index is 12.2. The van der Waals surface area contributed by atoms with Gasteiger partial charge in [0.15, 0.2) is 0 Å². The van der Waals surface area contributed by atoms with Crippen molar-refractivity contribution in [3.05, 3.63) is 37.9 Å². The third-order valence-electron chi connectivity index (χ3n) is 2.21. The Hall–Kier alpha value is -1.47. The normalized spacial score (nSPS) is 10.6. The van der Waals surface area contributed by atoms with Crippen LogP contribution >= 0.6 is 23.2 Å². The molecule has 5 nitrogen and oxygen atoms in total. The number of rotatable bonds is 4. The van der Waals surface area contributed by atoms with E-state index in [0.29, 0.717) is 0 Å². The van der Waals surface area contributed by atoms with Gasteiger partial charge in [0, 0.05) is 18.7 Å². The zero-order valence-electron chi connectivity index (χ0n) is 9.57. The number of alkyl halides is 2. The first-order chi connectivity index (χ1) is 8.73. The molecular weight excluding hydrogens is 305 g/mol. The molecule has 0 atom stereocenters. The van der Waals surface area contributed by atoms with E-state index in [0.717, 1.165) is 24.1 Å². The molecule has 0 fully saturated rings. The Morgan fingerprint density at radius 2 is 2.05 bits per heavy atom. The van der Waals surface area contributed by atoms with E-state index >= 15 is 0 Å². The molecule has 104 valence electrons. The lowest BCUT2D eigenvalue weighted by molar-refractivity contribution is -0.384. The van der Waals surface area contributed by atoms with E-state index in [1.807, 2.05) is 0 Å². The fourth-order valence-electron chi connectivity index (χ4n) is 1.34. The van der Waals surface area contributed by atoms with Crippen LogP contribution in [0.4, 0.5) is 14.5 Å². The van der Waals surface area contributed by atoms with Gasteiger partial charge >= 0.3 is 0 Å². The first-order valence-electron chi connectivity index (χ1n) is 4.91. The highest BCUT2D eigenvalue weighted by atomic mass is 35.5. The molecule has 1 rings (SSSR count). The van der Waals surface area contributed by atoms with Crippen molar-refractivity contribution in [3.8, 4) is 0 Å². The van der Waals surface area contributed by atoms with Gasteiger partial charge in [0.25, 0.3) is 18.0 Å². The van der Waals surface area contributed by atoms with Crippen molar-refractivity contribution < 1.29 is 18.5 Å². The lowest BCUT2D eigenvalue weighted by atomic mass is 10.1. The number of hydrogen-bond acceptors (Lipinski definition) is 3. The van der Waals surface area contributed by atoms with E-state index in [-0.39, 0.29) is 15.6 Å². The molecule has 9 heteroatoms. The number of nitro benzene ring substituents is 1. The third kappa shape index (κ3) is 3.74. The van der Waals surface area contributed by atoms with Crippen LogP contribution in [0.2, 0.25) is 10.0 Å². The van der Waals surface area contributed by atoms with Gasteiger partial charge in [-0.1, -0.05) is 23.2 Å². The molecule has 0 aliphatic rings. The average molecular weight is 313 g/mol. The molecule has 0 aromatic heterocycles. The molecule has 0 radical (unpaired) electrons. The van der Waals surface area contributed by atoms with Crippen molar-refractivity contribution in [3.63, 3.8) is 0 Å². The minimum Gasteiger partial charge on any atom is -0.336 e. The number of nitrogens with zero attached hydrogens (tertiary/aromatic N) is 2. The van der Waals surface area contributed by atoms with Crippen LogP contribution in [0.25, 0.3) is 0 Å². The molecule has 0 bridgehead atoms. The van der Waals surface area contributed by atoms with E-state index in [4.69, 9.17) is 23.2 Å². The monoisotopic (exact) mass is 312 g/mol. The Morgan fingerprint density at radius 3 is 2.53 bits per heavy atom. The number of hydrogen-bond donors (Lipinski definition) is 0. The van der Waals surface area contributed by atoms with Crippen molar-refractivity contribution in [2.24, 2.45) is 0 Å². The van der Waals surface area contributed by atoms with E-state index in [1.54, 1.807) is 0 Å². The molecule has 1 aromatic rings. The molecule has 19 heavy (non-hydrogen) atoms. The molecular formula is C10H8Cl2F2N2O3. The summed E-state index contributed by atoms with van der Waals surface area (Å²) in [6.07, 6.45) is -2.70. The molecule has 0 aliphatic carbocycles. The maximum Gasteiger partial charge on any atom is 0.290 e. The summed E-state index contributed by atoms with van der Waals surface area (Å²) >= 11 is 11.3. The van der Waals surface area contributed by atoms with Crippen LogP contribution in [0.3, 0.4) is 0 Å². The zero-order valence-corrected chi connectivity index (χ0v) is 11.1. The van der Waals surface area contributed by atoms with Crippen molar-refractivity contribution in [1.82, 2.24) is 4.90 Å². The second-order valence-corrected chi connectivity index (χ2v) is 4.41. The summed E-state index contributed by atoms with van der Waals surface area (Å²) in [5, 5.41) is 10.2. The van der Waals surface area contributed by atoms with Crippen LogP contribution in [0, 0.1) is 10.1 Å². The van der Waals surface area contributed by atoms with Crippen LogP contribution in [0.15, 0.2) is 12.1 Å². The number of amides is 1. The summed E-state index contributed by atoms with van der Waals surface area (Å²) in [4.78, 5) is 22.4. The van der Waals surface area contributed by atoms with Gasteiger partial charge in [-0.05, 0) is 6.07 Å². The van der Waals surface area contributed by atoms with Gasteiger partial charge in [0.05, 0.1) is 16.5 Å². The summed E-state index contributed by atoms with van der Waals surface area (Å²) in [6, 6.07) is 2.00. The highest BCUT2D eigenvalue weighted by Gasteiger charge is 2.22. The SMILES string of the molecule is CN(CC(F)F)C(=O)c1cc(Cl)c(Cl)c([N+](=O)[O-])c1. The van der Waals surface area contributed by atoms with E-state index in [2.05, 4.69) is 0 Å². The fourth-order valence-corrected chi connectivity index (χ4v) is 1.73. The second-order valence-electron chi connectivity index (χ2n) is 3.63. The van der Waals surface area contributed by atoms with Crippen molar-refractivity contribution in [2.75, 3.05) is 13.6 Å². The highest BCUT2D eigenvalue weighted by Crippen LogP contribution is 2.33. The van der Waals surface area contributed by atoms with E-state index < -0.39 is 29.5 Å². The van der Waals surface area contributed by atoms with Gasteiger partial charge in [-0.2, -0.15) is 0 Å². The van der Waals surface area contributed by atoms with Crippen LogP contribution in [0.5, 0.6) is 0 Å². The molecule has 0 saturated carbocycles. The van der Waals surface area contributed by atoms with Gasteiger partial charge < -0.3 is 4.90 Å². The third-order valence-corrected chi connectivity index (χ3v) is 3.00. The van der Waals surface area contributed by atoms with Crippen LogP contribution < -0.4 is 0 Å². The summed E-state index contributed by atoms with van der Waals surface area (Å²) < 4.78 is 24.3. The Kier molecular flexibility index (Phi) is 5.02. The Balaban J connectivity index is 3.14. The molecule has 1 amide bonds. The molecule has 1 aromatic carbocycles. The molecule has 0 saturated heterocycles. The number of carbonyl (C=O) groups is 1. The minimum absolute atomic E-state index is 0.177. The van der Waals surface area contributed by atoms with Gasteiger partial charge in [-0.25, -0.2) is 8.78 Å². The Morgan fingerprint density at radius 1 is 1.47 bits per heavy atom. The molecule has 0 unspecified atom stereocenters. The maximum absolute atomic E-state index is 12.2. The van der Waals surface area contributed by atoms with Crippen LogP contribution in [-0.2, 0) is 0 Å². The van der Waals surface area contributed by atoms with E-state index in [1.165, 1.54) is 0 Å². The van der Waals surface area contributed by atoms with Gasteiger partial charge in [0.1, 0.15) is 5.02 Å². The number of carbonyl (C=O) groups excluding carboxylic acids is 1. The van der Waals surface area contributed by atoms with Gasteiger partial charge in [-0.3, -0.25) is 14.9 Å². The summed E-state index contributed by atoms with van der Waals surface area (Å²) in [5.41, 5.74) is -0.729.